The van der Waals surface area contributed by atoms with E-state index in [1.54, 1.807) is 11.8 Å². The molecule has 1 aromatic carbocycles. The maximum Gasteiger partial charge on any atom is 0.416 e. The molecule has 0 aliphatic heterocycles. The van der Waals surface area contributed by atoms with Gasteiger partial charge in [-0.1, -0.05) is 0 Å². The Morgan fingerprint density at radius 3 is 2.67 bits per heavy atom. The fourth-order valence-corrected chi connectivity index (χ4v) is 3.27. The van der Waals surface area contributed by atoms with Crippen LogP contribution in [0.15, 0.2) is 18.2 Å². The molecular weight excluding hydrogens is 301 g/mol. The zero-order valence-electron chi connectivity index (χ0n) is 11.5. The molecule has 0 aromatic heterocycles. The predicted molar refractivity (Wildman–Crippen MR) is 78.3 cm³/mol. The van der Waals surface area contributed by atoms with E-state index in [2.05, 4.69) is 5.32 Å². The lowest BCUT2D eigenvalue weighted by Gasteiger charge is -2.15. The number of carbonyl (C=O) groups is 1. The number of amides is 1. The predicted octanol–water partition coefficient (Wildman–Crippen LogP) is 3.30. The molecule has 2 atom stereocenters. The molecule has 0 unspecified atom stereocenters. The fourth-order valence-electron chi connectivity index (χ4n) is 2.48. The molecule has 0 radical (unpaired) electrons. The van der Waals surface area contributed by atoms with Gasteiger partial charge in [-0.2, -0.15) is 24.9 Å². The second kappa shape index (κ2) is 6.17. The average Bonchev–Trinajstić information content (AvgIpc) is 2.85. The van der Waals surface area contributed by atoms with Gasteiger partial charge in [-0.25, -0.2) is 0 Å². The summed E-state index contributed by atoms with van der Waals surface area (Å²) < 4.78 is 38.1. The molecule has 0 saturated heterocycles. The number of thioether (sulfide) groups is 1. The Morgan fingerprint density at radius 1 is 1.38 bits per heavy atom. The van der Waals surface area contributed by atoms with Crippen LogP contribution in [-0.4, -0.2) is 23.5 Å². The SMILES string of the molecule is CS[C@@H]1CC[C@H](NC(=O)c2cc(C(F)(F)F)ccc2N)C1. The lowest BCUT2D eigenvalue weighted by Crippen LogP contribution is -2.33. The minimum absolute atomic E-state index is 0.00360. The molecule has 3 N–H and O–H groups in total. The summed E-state index contributed by atoms with van der Waals surface area (Å²) >= 11 is 1.74. The van der Waals surface area contributed by atoms with Crippen molar-refractivity contribution in [3.63, 3.8) is 0 Å². The maximum atomic E-state index is 12.7. The van der Waals surface area contributed by atoms with Crippen LogP contribution in [0.3, 0.4) is 0 Å². The highest BCUT2D eigenvalue weighted by atomic mass is 32.2. The maximum absolute atomic E-state index is 12.7. The van der Waals surface area contributed by atoms with E-state index in [1.807, 2.05) is 6.26 Å². The van der Waals surface area contributed by atoms with Crippen LogP contribution in [-0.2, 0) is 6.18 Å². The van der Waals surface area contributed by atoms with Crippen LogP contribution in [0.4, 0.5) is 18.9 Å². The Bertz CT molecular complexity index is 533. The first-order chi connectivity index (χ1) is 9.81. The van der Waals surface area contributed by atoms with Crippen LogP contribution >= 0.6 is 11.8 Å². The summed E-state index contributed by atoms with van der Waals surface area (Å²) in [6.07, 6.45) is 0.214. The topological polar surface area (TPSA) is 55.1 Å². The van der Waals surface area contributed by atoms with Crippen LogP contribution in [0.25, 0.3) is 0 Å². The number of rotatable bonds is 3. The van der Waals surface area contributed by atoms with Gasteiger partial charge in [0.15, 0.2) is 0 Å². The van der Waals surface area contributed by atoms with Crippen molar-refractivity contribution in [2.45, 2.75) is 36.7 Å². The van der Waals surface area contributed by atoms with Gasteiger partial charge in [0.1, 0.15) is 0 Å². The Kier molecular flexibility index (Phi) is 4.70. The molecule has 0 spiro atoms. The van der Waals surface area contributed by atoms with Gasteiger partial charge in [0.05, 0.1) is 11.1 Å². The van der Waals surface area contributed by atoms with Gasteiger partial charge in [0.2, 0.25) is 0 Å². The first-order valence-electron chi connectivity index (χ1n) is 6.61. The van der Waals surface area contributed by atoms with Crippen molar-refractivity contribution >= 4 is 23.4 Å². The third-order valence-corrected chi connectivity index (χ3v) is 4.77. The van der Waals surface area contributed by atoms with Gasteiger partial charge in [0, 0.05) is 17.0 Å². The van der Waals surface area contributed by atoms with Gasteiger partial charge in [0.25, 0.3) is 5.91 Å². The van der Waals surface area contributed by atoms with Gasteiger partial charge in [-0.15, -0.1) is 0 Å². The molecule has 0 bridgehead atoms. The van der Waals surface area contributed by atoms with Crippen LogP contribution in [0.5, 0.6) is 0 Å². The quantitative estimate of drug-likeness (QED) is 0.841. The van der Waals surface area contributed by atoms with Crippen molar-refractivity contribution in [3.05, 3.63) is 29.3 Å². The number of anilines is 1. The van der Waals surface area contributed by atoms with E-state index in [0.717, 1.165) is 37.5 Å². The summed E-state index contributed by atoms with van der Waals surface area (Å²) in [5, 5.41) is 3.27. The van der Waals surface area contributed by atoms with Crippen molar-refractivity contribution in [2.75, 3.05) is 12.0 Å². The van der Waals surface area contributed by atoms with Crippen molar-refractivity contribution in [2.24, 2.45) is 0 Å². The highest BCUT2D eigenvalue weighted by Crippen LogP contribution is 2.32. The molecule has 3 nitrogen and oxygen atoms in total. The molecule has 1 amide bonds. The first kappa shape index (κ1) is 16.0. The lowest BCUT2D eigenvalue weighted by atomic mass is 10.1. The average molecular weight is 318 g/mol. The molecule has 1 fully saturated rings. The first-order valence-corrected chi connectivity index (χ1v) is 7.90. The van der Waals surface area contributed by atoms with Crippen molar-refractivity contribution in [3.8, 4) is 0 Å². The minimum Gasteiger partial charge on any atom is -0.398 e. The monoisotopic (exact) mass is 318 g/mol. The standard InChI is InChI=1S/C14H17F3N2OS/c1-21-10-4-3-9(7-10)19-13(20)11-6-8(14(15,16)17)2-5-12(11)18/h2,5-6,9-10H,3-4,7,18H2,1H3,(H,19,20)/t9-,10+/m0/s1. The Morgan fingerprint density at radius 2 is 2.10 bits per heavy atom. The van der Waals surface area contributed by atoms with E-state index in [1.165, 1.54) is 0 Å². The molecule has 1 aliphatic carbocycles. The summed E-state index contributed by atoms with van der Waals surface area (Å²) in [4.78, 5) is 12.1. The van der Waals surface area contributed by atoms with Gasteiger partial charge in [-0.3, -0.25) is 4.79 Å². The number of nitrogens with two attached hydrogens (primary N) is 1. The molecule has 21 heavy (non-hydrogen) atoms. The molecule has 7 heteroatoms. The van der Waals surface area contributed by atoms with Gasteiger partial charge >= 0.3 is 6.18 Å². The zero-order valence-corrected chi connectivity index (χ0v) is 12.4. The van der Waals surface area contributed by atoms with Crippen molar-refractivity contribution < 1.29 is 18.0 Å². The second-order valence-electron chi connectivity index (χ2n) is 5.14. The number of hydrogen-bond donors (Lipinski definition) is 2. The molecule has 1 aromatic rings. The Labute approximate surface area is 125 Å². The van der Waals surface area contributed by atoms with E-state index in [4.69, 9.17) is 5.73 Å². The Hall–Kier alpha value is -1.37. The van der Waals surface area contributed by atoms with Crippen molar-refractivity contribution in [1.29, 1.82) is 0 Å². The van der Waals surface area contributed by atoms with Crippen LogP contribution < -0.4 is 11.1 Å². The minimum atomic E-state index is -4.49. The van der Waals surface area contributed by atoms with Gasteiger partial charge in [-0.05, 0) is 43.7 Å². The number of carbonyl (C=O) groups excluding carboxylic acids is 1. The summed E-state index contributed by atoms with van der Waals surface area (Å²) in [6, 6.07) is 2.82. The van der Waals surface area contributed by atoms with E-state index < -0.39 is 17.6 Å². The summed E-state index contributed by atoms with van der Waals surface area (Å²) in [5.41, 5.74) is 4.71. The fraction of sp³-hybridized carbons (Fsp3) is 0.500. The van der Waals surface area contributed by atoms with Crippen LogP contribution in [0.2, 0.25) is 0 Å². The van der Waals surface area contributed by atoms with E-state index >= 15 is 0 Å². The largest absolute Gasteiger partial charge is 0.416 e. The summed E-state index contributed by atoms with van der Waals surface area (Å²) in [7, 11) is 0. The molecule has 1 saturated carbocycles. The molecule has 116 valence electrons. The number of alkyl halides is 3. The highest BCUT2D eigenvalue weighted by Gasteiger charge is 2.32. The van der Waals surface area contributed by atoms with Crippen LogP contribution in [0.1, 0.15) is 35.2 Å². The molecular formula is C14H17F3N2OS. The van der Waals surface area contributed by atoms with Crippen molar-refractivity contribution in [1.82, 2.24) is 5.32 Å². The molecule has 2 rings (SSSR count). The lowest BCUT2D eigenvalue weighted by molar-refractivity contribution is -0.137. The summed E-state index contributed by atoms with van der Waals surface area (Å²) in [6.45, 7) is 0. The number of halogens is 3. The Balaban J connectivity index is 2.12. The van der Waals surface area contributed by atoms with Gasteiger partial charge < -0.3 is 11.1 Å². The van der Waals surface area contributed by atoms with E-state index in [9.17, 15) is 18.0 Å². The highest BCUT2D eigenvalue weighted by molar-refractivity contribution is 7.99. The number of hydrogen-bond acceptors (Lipinski definition) is 3. The smallest absolute Gasteiger partial charge is 0.398 e. The third-order valence-electron chi connectivity index (χ3n) is 3.68. The van der Waals surface area contributed by atoms with E-state index in [-0.39, 0.29) is 17.3 Å². The number of nitrogens with one attached hydrogen (secondary N) is 1. The van der Waals surface area contributed by atoms with Crippen LogP contribution in [0, 0.1) is 0 Å². The number of benzene rings is 1. The summed E-state index contributed by atoms with van der Waals surface area (Å²) in [5.74, 6) is -0.537. The second-order valence-corrected chi connectivity index (χ2v) is 6.28. The molecule has 0 heterocycles. The number of nitrogen functional groups attached to an aromatic ring is 1. The third kappa shape index (κ3) is 3.84. The normalized spacial score (nSPS) is 22.3. The zero-order chi connectivity index (χ0) is 15.6. The van der Waals surface area contributed by atoms with E-state index in [0.29, 0.717) is 5.25 Å². The molecule has 1 aliphatic rings.